The summed E-state index contributed by atoms with van der Waals surface area (Å²) in [5.74, 6) is 0. The summed E-state index contributed by atoms with van der Waals surface area (Å²) in [5, 5.41) is 1.73. The maximum atomic E-state index is 6.21. The zero-order valence-electron chi connectivity index (χ0n) is 9.84. The largest absolute Gasteiger partial charge is 0.324 e. The molecule has 0 aliphatic carbocycles. The van der Waals surface area contributed by atoms with E-state index in [0.717, 1.165) is 15.6 Å². The lowest BCUT2D eigenvalue weighted by atomic mass is 9.99. The average Bonchev–Trinajstić information content (AvgIpc) is 2.38. The fraction of sp³-hybridized carbons (Fsp3) is 0.143. The van der Waals surface area contributed by atoms with Crippen LogP contribution < -0.4 is 5.73 Å². The summed E-state index contributed by atoms with van der Waals surface area (Å²) in [7, 11) is 0. The van der Waals surface area contributed by atoms with Crippen LogP contribution in [0.3, 0.4) is 0 Å². The molecule has 0 saturated carbocycles. The second kappa shape index (κ2) is 6.47. The monoisotopic (exact) mass is 377 g/mol. The molecule has 0 aromatic heterocycles. The Morgan fingerprint density at radius 1 is 1.05 bits per heavy atom. The normalized spacial score (nSPS) is 12.5. The minimum absolute atomic E-state index is 0.235. The molecular weight excluding hydrogens is 368 g/mol. The summed E-state index contributed by atoms with van der Waals surface area (Å²) in [4.78, 5) is 0. The molecule has 1 atom stereocenters. The van der Waals surface area contributed by atoms with Crippen molar-refractivity contribution in [3.8, 4) is 0 Å². The van der Waals surface area contributed by atoms with Crippen LogP contribution in [0.4, 0.5) is 0 Å². The summed E-state index contributed by atoms with van der Waals surface area (Å²) in [5.41, 5.74) is 8.00. The average molecular weight is 380 g/mol. The molecule has 0 saturated heterocycles. The van der Waals surface area contributed by atoms with Crippen molar-refractivity contribution in [2.45, 2.75) is 12.5 Å². The molecule has 0 bridgehead atoms. The zero-order chi connectivity index (χ0) is 14.0. The van der Waals surface area contributed by atoms with E-state index in [1.165, 1.54) is 0 Å². The Balaban J connectivity index is 2.28. The van der Waals surface area contributed by atoms with Crippen LogP contribution in [0.2, 0.25) is 15.1 Å². The van der Waals surface area contributed by atoms with Gasteiger partial charge in [0.2, 0.25) is 0 Å². The molecule has 1 unspecified atom stereocenters. The quantitative estimate of drug-likeness (QED) is 0.732. The Morgan fingerprint density at radius 3 is 2.53 bits per heavy atom. The maximum absolute atomic E-state index is 6.21. The molecule has 0 amide bonds. The molecule has 0 heterocycles. The standard InChI is InChI=1S/C14H11BrCl3N/c15-9-4-5-11(16)10(7-9)13(19)6-8-2-1-3-12(17)14(8)18/h1-5,7,13H,6,19H2. The molecule has 0 spiro atoms. The number of hydrogen-bond acceptors (Lipinski definition) is 1. The van der Waals surface area contributed by atoms with Crippen molar-refractivity contribution >= 4 is 50.7 Å². The highest BCUT2D eigenvalue weighted by Gasteiger charge is 2.14. The van der Waals surface area contributed by atoms with Crippen molar-refractivity contribution in [2.75, 3.05) is 0 Å². The SMILES string of the molecule is NC(Cc1cccc(Cl)c1Cl)c1cc(Br)ccc1Cl. The molecule has 1 nitrogen and oxygen atoms in total. The summed E-state index contributed by atoms with van der Waals surface area (Å²) >= 11 is 21.7. The Bertz CT molecular complexity index is 601. The lowest BCUT2D eigenvalue weighted by molar-refractivity contribution is 0.722. The third-order valence-corrected chi connectivity index (χ3v) is 4.52. The second-order valence-corrected chi connectivity index (χ2v) is 6.30. The van der Waals surface area contributed by atoms with Gasteiger partial charge in [0.25, 0.3) is 0 Å². The van der Waals surface area contributed by atoms with Crippen molar-refractivity contribution in [1.29, 1.82) is 0 Å². The van der Waals surface area contributed by atoms with Crippen molar-refractivity contribution in [3.05, 3.63) is 67.1 Å². The molecule has 0 radical (unpaired) electrons. The van der Waals surface area contributed by atoms with E-state index in [0.29, 0.717) is 21.5 Å². The van der Waals surface area contributed by atoms with Crippen LogP contribution in [0.15, 0.2) is 40.9 Å². The van der Waals surface area contributed by atoms with E-state index < -0.39 is 0 Å². The van der Waals surface area contributed by atoms with Crippen molar-refractivity contribution in [3.63, 3.8) is 0 Å². The van der Waals surface area contributed by atoms with Crippen LogP contribution in [0.1, 0.15) is 17.2 Å². The lowest BCUT2D eigenvalue weighted by Gasteiger charge is -2.15. The van der Waals surface area contributed by atoms with Gasteiger partial charge in [0.15, 0.2) is 0 Å². The highest BCUT2D eigenvalue weighted by molar-refractivity contribution is 9.10. The van der Waals surface area contributed by atoms with Crippen LogP contribution in [-0.2, 0) is 6.42 Å². The maximum Gasteiger partial charge on any atom is 0.0624 e. The molecule has 0 aliphatic heterocycles. The molecule has 19 heavy (non-hydrogen) atoms. The van der Waals surface area contributed by atoms with Crippen LogP contribution in [0.5, 0.6) is 0 Å². The van der Waals surface area contributed by atoms with Gasteiger partial charge in [0, 0.05) is 15.5 Å². The molecule has 100 valence electrons. The molecule has 0 fully saturated rings. The van der Waals surface area contributed by atoms with E-state index >= 15 is 0 Å². The van der Waals surface area contributed by atoms with E-state index in [2.05, 4.69) is 15.9 Å². The highest BCUT2D eigenvalue weighted by atomic mass is 79.9. The van der Waals surface area contributed by atoms with Crippen molar-refractivity contribution in [1.82, 2.24) is 0 Å². The number of nitrogens with two attached hydrogens (primary N) is 1. The van der Waals surface area contributed by atoms with E-state index in [-0.39, 0.29) is 6.04 Å². The molecular formula is C14H11BrCl3N. The van der Waals surface area contributed by atoms with Crippen LogP contribution >= 0.6 is 50.7 Å². The highest BCUT2D eigenvalue weighted by Crippen LogP contribution is 2.31. The second-order valence-electron chi connectivity index (χ2n) is 4.19. The Hall–Kier alpha value is -0.250. The predicted molar refractivity (Wildman–Crippen MR) is 86.2 cm³/mol. The summed E-state index contributed by atoms with van der Waals surface area (Å²) in [6.07, 6.45) is 0.579. The first-order valence-corrected chi connectivity index (χ1v) is 7.55. The van der Waals surface area contributed by atoms with Crippen molar-refractivity contribution in [2.24, 2.45) is 5.73 Å². The molecule has 2 aromatic carbocycles. The Labute approximate surface area is 135 Å². The van der Waals surface area contributed by atoms with Gasteiger partial charge < -0.3 is 5.73 Å². The third-order valence-electron chi connectivity index (χ3n) is 2.83. The smallest absolute Gasteiger partial charge is 0.0624 e. The minimum atomic E-state index is -0.235. The van der Waals surface area contributed by atoms with E-state index in [1.807, 2.05) is 30.3 Å². The van der Waals surface area contributed by atoms with E-state index in [4.69, 9.17) is 40.5 Å². The van der Waals surface area contributed by atoms with Gasteiger partial charge in [0.05, 0.1) is 10.0 Å². The predicted octanol–water partition coefficient (Wildman–Crippen LogP) is 5.65. The van der Waals surface area contributed by atoms with E-state index in [1.54, 1.807) is 6.07 Å². The molecule has 5 heteroatoms. The van der Waals surface area contributed by atoms with Gasteiger partial charge in [-0.2, -0.15) is 0 Å². The van der Waals surface area contributed by atoms with E-state index in [9.17, 15) is 0 Å². The number of rotatable bonds is 3. The summed E-state index contributed by atoms with van der Waals surface area (Å²) in [6.45, 7) is 0. The van der Waals surface area contributed by atoms with Gasteiger partial charge >= 0.3 is 0 Å². The minimum Gasteiger partial charge on any atom is -0.324 e. The van der Waals surface area contributed by atoms with Gasteiger partial charge in [0.1, 0.15) is 0 Å². The fourth-order valence-electron chi connectivity index (χ4n) is 1.85. The third kappa shape index (κ3) is 3.65. The lowest BCUT2D eigenvalue weighted by Crippen LogP contribution is -2.14. The fourth-order valence-corrected chi connectivity index (χ4v) is 2.89. The molecule has 2 rings (SSSR count). The molecule has 2 N–H and O–H groups in total. The van der Waals surface area contributed by atoms with Crippen molar-refractivity contribution < 1.29 is 0 Å². The Morgan fingerprint density at radius 2 is 1.79 bits per heavy atom. The first-order chi connectivity index (χ1) is 8.99. The summed E-state index contributed by atoms with van der Waals surface area (Å²) < 4.78 is 0.944. The van der Waals surface area contributed by atoms with Gasteiger partial charge in [-0.25, -0.2) is 0 Å². The first-order valence-electron chi connectivity index (χ1n) is 5.62. The molecule has 0 aliphatic rings. The zero-order valence-corrected chi connectivity index (χ0v) is 13.7. The van der Waals surface area contributed by atoms with Crippen LogP contribution in [0, 0.1) is 0 Å². The first kappa shape index (κ1) is 15.1. The van der Waals surface area contributed by atoms with Gasteiger partial charge in [-0.15, -0.1) is 0 Å². The van der Waals surface area contributed by atoms with Crippen LogP contribution in [0.25, 0.3) is 0 Å². The van der Waals surface area contributed by atoms with Gasteiger partial charge in [-0.05, 0) is 41.8 Å². The number of hydrogen-bond donors (Lipinski definition) is 1. The van der Waals surface area contributed by atoms with Gasteiger partial charge in [-0.3, -0.25) is 0 Å². The number of halogens is 4. The number of benzene rings is 2. The van der Waals surface area contributed by atoms with Gasteiger partial charge in [-0.1, -0.05) is 62.9 Å². The topological polar surface area (TPSA) is 26.0 Å². The van der Waals surface area contributed by atoms with Crippen LogP contribution in [-0.4, -0.2) is 0 Å². The summed E-state index contributed by atoms with van der Waals surface area (Å²) in [6, 6.07) is 10.9. The Kier molecular flexibility index (Phi) is 5.15. The molecule has 2 aromatic rings.